The third kappa shape index (κ3) is 3.90. The molecule has 0 spiro atoms. The summed E-state index contributed by atoms with van der Waals surface area (Å²) in [5, 5.41) is 20.6. The minimum atomic E-state index is -0.961. The predicted octanol–water partition coefficient (Wildman–Crippen LogP) is 3.50. The van der Waals surface area contributed by atoms with Crippen LogP contribution in [-0.2, 0) is 0 Å². The summed E-state index contributed by atoms with van der Waals surface area (Å²) in [6.07, 6.45) is -0.961. The number of halogens is 2. The van der Waals surface area contributed by atoms with Crippen LogP contribution in [0.5, 0.6) is 5.75 Å². The molecule has 2 aromatic rings. The molecule has 0 aromatic heterocycles. The van der Waals surface area contributed by atoms with E-state index in [-0.39, 0.29) is 23.1 Å². The molecule has 0 amide bonds. The van der Waals surface area contributed by atoms with Crippen LogP contribution in [0, 0.1) is 15.9 Å². The lowest BCUT2D eigenvalue weighted by Crippen LogP contribution is -2.10. The molecular weight excluding hydrogens is 301 g/mol. The first-order valence-electron chi connectivity index (χ1n) is 5.97. The number of benzene rings is 2. The van der Waals surface area contributed by atoms with E-state index in [4.69, 9.17) is 16.3 Å². The molecule has 2 rings (SSSR count). The molecule has 0 bridgehead atoms. The largest absolute Gasteiger partial charge is 0.489 e. The summed E-state index contributed by atoms with van der Waals surface area (Å²) in [6, 6.07) is 9.14. The summed E-state index contributed by atoms with van der Waals surface area (Å²) >= 11 is 5.86. The van der Waals surface area contributed by atoms with Crippen LogP contribution in [-0.4, -0.2) is 16.6 Å². The molecule has 0 aliphatic rings. The van der Waals surface area contributed by atoms with E-state index in [9.17, 15) is 19.6 Å². The van der Waals surface area contributed by atoms with Gasteiger partial charge in [-0.1, -0.05) is 23.7 Å². The third-order valence-electron chi connectivity index (χ3n) is 2.78. The Morgan fingerprint density at radius 1 is 1.29 bits per heavy atom. The number of hydrogen-bond acceptors (Lipinski definition) is 4. The molecular formula is C14H11ClFNO4. The maximum Gasteiger partial charge on any atom is 0.271 e. The van der Waals surface area contributed by atoms with Gasteiger partial charge in [-0.25, -0.2) is 4.39 Å². The van der Waals surface area contributed by atoms with Gasteiger partial charge in [0.05, 0.1) is 9.95 Å². The zero-order valence-corrected chi connectivity index (χ0v) is 11.5. The molecule has 2 aromatic carbocycles. The average molecular weight is 312 g/mol. The molecule has 0 fully saturated rings. The van der Waals surface area contributed by atoms with Crippen LogP contribution in [0.1, 0.15) is 11.7 Å². The molecule has 0 radical (unpaired) electrons. The summed E-state index contributed by atoms with van der Waals surface area (Å²) in [4.78, 5) is 10.0. The van der Waals surface area contributed by atoms with Crippen LogP contribution in [0.4, 0.5) is 10.1 Å². The van der Waals surface area contributed by atoms with Gasteiger partial charge in [-0.3, -0.25) is 10.1 Å². The summed E-state index contributed by atoms with van der Waals surface area (Å²) in [5.41, 5.74) is 0.348. The number of ether oxygens (including phenoxy) is 1. The number of nitrogens with zero attached hydrogens (tertiary/aromatic N) is 1. The fourth-order valence-electron chi connectivity index (χ4n) is 1.67. The van der Waals surface area contributed by atoms with Gasteiger partial charge in [-0.05, 0) is 23.8 Å². The van der Waals surface area contributed by atoms with E-state index in [2.05, 4.69) is 0 Å². The molecule has 0 saturated carbocycles. The van der Waals surface area contributed by atoms with Crippen molar-refractivity contribution in [3.63, 3.8) is 0 Å². The van der Waals surface area contributed by atoms with E-state index >= 15 is 0 Å². The summed E-state index contributed by atoms with van der Waals surface area (Å²) in [7, 11) is 0. The second kappa shape index (κ2) is 6.51. The Morgan fingerprint density at radius 2 is 1.95 bits per heavy atom. The second-order valence-electron chi connectivity index (χ2n) is 4.25. The van der Waals surface area contributed by atoms with Crippen LogP contribution < -0.4 is 4.74 Å². The molecule has 21 heavy (non-hydrogen) atoms. The van der Waals surface area contributed by atoms with Gasteiger partial charge in [0.25, 0.3) is 5.69 Å². The highest BCUT2D eigenvalue weighted by molar-refractivity contribution is 6.32. The standard InChI is InChI=1S/C14H11ClFNO4/c15-12-7-11(17(19)20)5-6-14(12)21-8-13(18)9-1-3-10(16)4-2-9/h1-7,13,18H,8H2. The highest BCUT2D eigenvalue weighted by atomic mass is 35.5. The molecule has 0 heterocycles. The van der Waals surface area contributed by atoms with Crippen molar-refractivity contribution in [3.8, 4) is 5.75 Å². The molecule has 0 saturated heterocycles. The number of aliphatic hydroxyl groups is 1. The lowest BCUT2D eigenvalue weighted by molar-refractivity contribution is -0.384. The van der Waals surface area contributed by atoms with Gasteiger partial charge in [-0.15, -0.1) is 0 Å². The molecule has 0 aliphatic heterocycles. The highest BCUT2D eigenvalue weighted by Crippen LogP contribution is 2.29. The van der Waals surface area contributed by atoms with Gasteiger partial charge >= 0.3 is 0 Å². The SMILES string of the molecule is O=[N+]([O-])c1ccc(OCC(O)c2ccc(F)cc2)c(Cl)c1. The fourth-order valence-corrected chi connectivity index (χ4v) is 1.90. The minimum absolute atomic E-state index is 0.0792. The molecule has 1 unspecified atom stereocenters. The van der Waals surface area contributed by atoms with Crippen molar-refractivity contribution in [2.75, 3.05) is 6.61 Å². The van der Waals surface area contributed by atoms with Crippen molar-refractivity contribution >= 4 is 17.3 Å². The lowest BCUT2D eigenvalue weighted by atomic mass is 10.1. The van der Waals surface area contributed by atoms with Gasteiger partial charge in [0, 0.05) is 12.1 Å². The fraction of sp³-hybridized carbons (Fsp3) is 0.143. The first kappa shape index (κ1) is 15.2. The van der Waals surface area contributed by atoms with Crippen molar-refractivity contribution < 1.29 is 19.2 Å². The van der Waals surface area contributed by atoms with Gasteiger partial charge in [0.1, 0.15) is 24.3 Å². The van der Waals surface area contributed by atoms with Crippen molar-refractivity contribution in [1.82, 2.24) is 0 Å². The van der Waals surface area contributed by atoms with Gasteiger partial charge in [0.2, 0.25) is 0 Å². The number of rotatable bonds is 5. The topological polar surface area (TPSA) is 72.6 Å². The van der Waals surface area contributed by atoms with Crippen molar-refractivity contribution in [2.24, 2.45) is 0 Å². The van der Waals surface area contributed by atoms with Gasteiger partial charge in [0.15, 0.2) is 0 Å². The highest BCUT2D eigenvalue weighted by Gasteiger charge is 2.13. The van der Waals surface area contributed by atoms with E-state index in [0.29, 0.717) is 5.56 Å². The number of non-ortho nitro benzene ring substituents is 1. The maximum atomic E-state index is 12.8. The zero-order valence-electron chi connectivity index (χ0n) is 10.7. The predicted molar refractivity (Wildman–Crippen MR) is 75.0 cm³/mol. The Kier molecular flexibility index (Phi) is 4.72. The number of hydrogen-bond donors (Lipinski definition) is 1. The molecule has 0 aliphatic carbocycles. The lowest BCUT2D eigenvalue weighted by Gasteiger charge is -2.13. The van der Waals surface area contributed by atoms with Crippen LogP contribution in [0.3, 0.4) is 0 Å². The Hall–Kier alpha value is -2.18. The summed E-state index contributed by atoms with van der Waals surface area (Å²) in [6.45, 7) is -0.108. The monoisotopic (exact) mass is 311 g/mol. The third-order valence-corrected chi connectivity index (χ3v) is 3.07. The normalized spacial score (nSPS) is 12.0. The molecule has 110 valence electrons. The van der Waals surface area contributed by atoms with Crippen LogP contribution in [0.2, 0.25) is 5.02 Å². The molecule has 1 atom stereocenters. The zero-order chi connectivity index (χ0) is 15.4. The average Bonchev–Trinajstić information content (AvgIpc) is 2.46. The number of nitro groups is 1. The van der Waals surface area contributed by atoms with Crippen molar-refractivity contribution in [3.05, 3.63) is 69.0 Å². The van der Waals surface area contributed by atoms with Crippen LogP contribution in [0.25, 0.3) is 0 Å². The minimum Gasteiger partial charge on any atom is -0.489 e. The Balaban J connectivity index is 2.02. The number of nitro benzene ring substituents is 1. The summed E-state index contributed by atoms with van der Waals surface area (Å²) in [5.74, 6) is -0.172. The quantitative estimate of drug-likeness (QED) is 0.677. The maximum absolute atomic E-state index is 12.8. The first-order chi connectivity index (χ1) is 9.97. The second-order valence-corrected chi connectivity index (χ2v) is 4.66. The van der Waals surface area contributed by atoms with E-state index in [0.717, 1.165) is 0 Å². The number of aliphatic hydroxyl groups excluding tert-OH is 1. The molecule has 5 nitrogen and oxygen atoms in total. The smallest absolute Gasteiger partial charge is 0.271 e. The van der Waals surface area contributed by atoms with Crippen LogP contribution in [0.15, 0.2) is 42.5 Å². The van der Waals surface area contributed by atoms with E-state index in [1.807, 2.05) is 0 Å². The van der Waals surface area contributed by atoms with Crippen molar-refractivity contribution in [1.29, 1.82) is 0 Å². The Labute approximate surface area is 124 Å². The Morgan fingerprint density at radius 3 is 2.52 bits per heavy atom. The summed E-state index contributed by atoms with van der Waals surface area (Å²) < 4.78 is 18.1. The van der Waals surface area contributed by atoms with E-state index in [1.165, 1.54) is 42.5 Å². The van der Waals surface area contributed by atoms with Crippen molar-refractivity contribution in [2.45, 2.75) is 6.10 Å². The molecule has 1 N–H and O–H groups in total. The van der Waals surface area contributed by atoms with E-state index in [1.54, 1.807) is 0 Å². The van der Waals surface area contributed by atoms with E-state index < -0.39 is 16.8 Å². The van der Waals surface area contributed by atoms with Gasteiger partial charge < -0.3 is 9.84 Å². The Bertz CT molecular complexity index is 648. The van der Waals surface area contributed by atoms with Crippen LogP contribution >= 0.6 is 11.6 Å². The molecule has 7 heteroatoms. The van der Waals surface area contributed by atoms with Gasteiger partial charge in [-0.2, -0.15) is 0 Å². The first-order valence-corrected chi connectivity index (χ1v) is 6.35.